The molecule has 2 rings (SSSR count). The molecule has 2 heterocycles. The lowest BCUT2D eigenvalue weighted by molar-refractivity contribution is -0.135. The zero-order valence-electron chi connectivity index (χ0n) is 9.00. The Labute approximate surface area is 103 Å². The summed E-state index contributed by atoms with van der Waals surface area (Å²) < 4.78 is 4.76. The molecule has 0 saturated heterocycles. The van der Waals surface area contributed by atoms with Crippen LogP contribution in [0.15, 0.2) is 33.6 Å². The van der Waals surface area contributed by atoms with Crippen molar-refractivity contribution < 1.29 is 14.6 Å². The van der Waals surface area contributed by atoms with Crippen molar-refractivity contribution in [1.82, 2.24) is 4.90 Å². The summed E-state index contributed by atoms with van der Waals surface area (Å²) in [5.74, 6) is -0.310. The van der Waals surface area contributed by atoms with Gasteiger partial charge in [0.1, 0.15) is 0 Å². The van der Waals surface area contributed by atoms with Gasteiger partial charge in [-0.3, -0.25) is 4.90 Å². The molecular formula is C10H10ClN3O3. The lowest BCUT2D eigenvalue weighted by atomic mass is 10.2. The number of carbonyl (C=O) groups is 1. The number of halogens is 1. The van der Waals surface area contributed by atoms with Crippen molar-refractivity contribution in [2.75, 3.05) is 6.61 Å². The number of hydrogen-bond donors (Lipinski definition) is 1. The van der Waals surface area contributed by atoms with Crippen LogP contribution in [0.3, 0.4) is 0 Å². The average Bonchev–Trinajstić information content (AvgIpc) is 2.29. The van der Waals surface area contributed by atoms with Crippen LogP contribution in [0.2, 0.25) is 0 Å². The normalized spacial score (nSPS) is 22.4. The molecule has 1 N–H and O–H groups in total. The summed E-state index contributed by atoms with van der Waals surface area (Å²) in [4.78, 5) is 12.9. The third kappa shape index (κ3) is 2.22. The van der Waals surface area contributed by atoms with Crippen LogP contribution >= 0.6 is 11.6 Å². The summed E-state index contributed by atoms with van der Waals surface area (Å²) in [5, 5.41) is 17.9. The summed E-state index contributed by atoms with van der Waals surface area (Å²) in [6.45, 7) is 1.88. The van der Waals surface area contributed by atoms with Gasteiger partial charge in [-0.05, 0) is 13.0 Å². The Morgan fingerprint density at radius 2 is 2.41 bits per heavy atom. The fourth-order valence-electron chi connectivity index (χ4n) is 1.40. The van der Waals surface area contributed by atoms with Crippen LogP contribution in [-0.4, -0.2) is 40.4 Å². The third-order valence-corrected chi connectivity index (χ3v) is 2.41. The molecule has 1 atom stereocenters. The Balaban J connectivity index is 2.28. The number of hydrogen-bond acceptors (Lipinski definition) is 6. The van der Waals surface area contributed by atoms with Crippen molar-refractivity contribution in [3.63, 3.8) is 0 Å². The lowest BCUT2D eigenvalue weighted by Crippen LogP contribution is -2.47. The molecule has 0 spiro atoms. The van der Waals surface area contributed by atoms with E-state index in [-0.39, 0.29) is 12.3 Å². The zero-order chi connectivity index (χ0) is 12.4. The molecule has 17 heavy (non-hydrogen) atoms. The average molecular weight is 256 g/mol. The van der Waals surface area contributed by atoms with Gasteiger partial charge < -0.3 is 9.84 Å². The number of aliphatic hydroxyl groups is 1. The number of allylic oxidation sites excluding steroid dienone is 2. The Kier molecular flexibility index (Phi) is 3.26. The fraction of sp³-hybridized carbons (Fsp3) is 0.300. The highest BCUT2D eigenvalue weighted by Gasteiger charge is 2.32. The molecule has 0 aromatic heterocycles. The van der Waals surface area contributed by atoms with Gasteiger partial charge in [0.05, 0.1) is 6.61 Å². The second-order valence-electron chi connectivity index (χ2n) is 3.29. The van der Waals surface area contributed by atoms with Gasteiger partial charge >= 0.3 is 5.97 Å². The number of rotatable bonds is 2. The number of carbonyl (C=O) groups excluding carboxylic acids is 1. The molecule has 7 heteroatoms. The van der Waals surface area contributed by atoms with E-state index in [1.54, 1.807) is 13.0 Å². The molecule has 0 bridgehead atoms. The predicted octanol–water partition coefficient (Wildman–Crippen LogP) is 0.588. The largest absolute Gasteiger partial charge is 0.461 e. The summed E-state index contributed by atoms with van der Waals surface area (Å²) in [6.07, 6.45) is 3.44. The highest BCUT2D eigenvalue weighted by atomic mass is 35.5. The summed E-state index contributed by atoms with van der Waals surface area (Å²) >= 11 is 5.78. The van der Waals surface area contributed by atoms with Crippen molar-refractivity contribution in [3.05, 3.63) is 23.4 Å². The Morgan fingerprint density at radius 3 is 3.12 bits per heavy atom. The highest BCUT2D eigenvalue weighted by Crippen LogP contribution is 2.18. The van der Waals surface area contributed by atoms with Crippen LogP contribution in [0.1, 0.15) is 6.92 Å². The first kappa shape index (κ1) is 11.8. The number of amidine groups is 1. The Hall–Kier alpha value is -1.66. The Bertz CT molecular complexity index is 467. The van der Waals surface area contributed by atoms with Crippen LogP contribution in [0, 0.1) is 0 Å². The number of ether oxygens (including phenoxy) is 1. The third-order valence-electron chi connectivity index (χ3n) is 2.18. The molecule has 0 amide bonds. The molecule has 0 aliphatic carbocycles. The molecule has 1 unspecified atom stereocenters. The van der Waals surface area contributed by atoms with Crippen LogP contribution in [0.5, 0.6) is 0 Å². The standard InChI is InChI=1S/C10H10ClN3O3/c1-2-17-10(16)8-9(15)14-4-3-6(11)5-7(14)12-13-8/h3-5,9,15H,2H2,1H3. The molecule has 90 valence electrons. The molecule has 0 radical (unpaired) electrons. The second-order valence-corrected chi connectivity index (χ2v) is 3.73. The van der Waals surface area contributed by atoms with Crippen molar-refractivity contribution in [3.8, 4) is 0 Å². The SMILES string of the molecule is CCOC(=O)C1=NN=C2C=C(Cl)C=CN2C1O. The van der Waals surface area contributed by atoms with E-state index in [9.17, 15) is 9.90 Å². The van der Waals surface area contributed by atoms with E-state index >= 15 is 0 Å². The summed E-state index contributed by atoms with van der Waals surface area (Å²) in [6, 6.07) is 0. The highest BCUT2D eigenvalue weighted by molar-refractivity contribution is 6.39. The minimum Gasteiger partial charge on any atom is -0.461 e. The van der Waals surface area contributed by atoms with Crippen LogP contribution < -0.4 is 0 Å². The van der Waals surface area contributed by atoms with Crippen molar-refractivity contribution >= 4 is 29.1 Å². The minimum atomic E-state index is -1.21. The molecule has 0 aromatic carbocycles. The first-order valence-corrected chi connectivity index (χ1v) is 5.35. The molecule has 6 nitrogen and oxygen atoms in total. The predicted molar refractivity (Wildman–Crippen MR) is 62.4 cm³/mol. The zero-order valence-corrected chi connectivity index (χ0v) is 9.76. The number of aliphatic hydroxyl groups excluding tert-OH is 1. The van der Waals surface area contributed by atoms with Crippen molar-refractivity contribution in [2.45, 2.75) is 13.2 Å². The van der Waals surface area contributed by atoms with E-state index in [1.165, 1.54) is 17.2 Å². The second kappa shape index (κ2) is 4.68. The summed E-state index contributed by atoms with van der Waals surface area (Å²) in [5.41, 5.74) is -0.147. The van der Waals surface area contributed by atoms with Crippen molar-refractivity contribution in [1.29, 1.82) is 0 Å². The van der Waals surface area contributed by atoms with Gasteiger partial charge in [-0.1, -0.05) is 11.6 Å². The molecule has 2 aliphatic rings. The maximum absolute atomic E-state index is 11.5. The van der Waals surface area contributed by atoms with Crippen LogP contribution in [0.4, 0.5) is 0 Å². The van der Waals surface area contributed by atoms with Gasteiger partial charge in [0, 0.05) is 17.3 Å². The molecule has 0 aromatic rings. The van der Waals surface area contributed by atoms with E-state index < -0.39 is 12.2 Å². The summed E-state index contributed by atoms with van der Waals surface area (Å²) in [7, 11) is 0. The number of nitrogens with zero attached hydrogens (tertiary/aromatic N) is 3. The minimum absolute atomic E-state index is 0.147. The smallest absolute Gasteiger partial charge is 0.359 e. The van der Waals surface area contributed by atoms with Crippen LogP contribution in [-0.2, 0) is 9.53 Å². The first-order valence-electron chi connectivity index (χ1n) is 4.98. The maximum Gasteiger partial charge on any atom is 0.359 e. The van der Waals surface area contributed by atoms with E-state index in [0.717, 1.165) is 0 Å². The van der Waals surface area contributed by atoms with Gasteiger partial charge in [-0.2, -0.15) is 0 Å². The van der Waals surface area contributed by atoms with E-state index in [2.05, 4.69) is 10.2 Å². The van der Waals surface area contributed by atoms with Crippen LogP contribution in [0.25, 0.3) is 0 Å². The molecule has 0 fully saturated rings. The number of esters is 1. The quantitative estimate of drug-likeness (QED) is 0.733. The molecule has 0 saturated carbocycles. The molecule has 2 aliphatic heterocycles. The fourth-order valence-corrected chi connectivity index (χ4v) is 1.55. The topological polar surface area (TPSA) is 74.5 Å². The van der Waals surface area contributed by atoms with E-state index in [4.69, 9.17) is 16.3 Å². The van der Waals surface area contributed by atoms with Gasteiger partial charge in [-0.15, -0.1) is 10.2 Å². The number of fused-ring (bicyclic) bond motifs is 1. The monoisotopic (exact) mass is 255 g/mol. The lowest BCUT2D eigenvalue weighted by Gasteiger charge is -2.29. The van der Waals surface area contributed by atoms with Gasteiger partial charge in [-0.25, -0.2) is 4.79 Å². The van der Waals surface area contributed by atoms with Gasteiger partial charge in [0.2, 0.25) is 0 Å². The van der Waals surface area contributed by atoms with Crippen molar-refractivity contribution in [2.24, 2.45) is 10.2 Å². The van der Waals surface area contributed by atoms with Gasteiger partial charge in [0.25, 0.3) is 0 Å². The Morgan fingerprint density at radius 1 is 1.65 bits per heavy atom. The first-order chi connectivity index (χ1) is 8.13. The maximum atomic E-state index is 11.5. The van der Waals surface area contributed by atoms with Gasteiger partial charge in [0.15, 0.2) is 17.8 Å². The molecular weight excluding hydrogens is 246 g/mol. The van der Waals surface area contributed by atoms with E-state index in [1.807, 2.05) is 0 Å². The van der Waals surface area contributed by atoms with E-state index in [0.29, 0.717) is 10.9 Å².